The minimum Gasteiger partial charge on any atom is -0.389 e. The van der Waals surface area contributed by atoms with E-state index in [2.05, 4.69) is 36.1 Å². The van der Waals surface area contributed by atoms with Crippen LogP contribution in [0.5, 0.6) is 0 Å². The average molecular weight is 235 g/mol. The van der Waals surface area contributed by atoms with Crippen LogP contribution < -0.4 is 0 Å². The molecule has 0 bridgehead atoms. The van der Waals surface area contributed by atoms with Gasteiger partial charge in [0.1, 0.15) is 0 Å². The second kappa shape index (κ2) is 6.15. The Morgan fingerprint density at radius 1 is 1.29 bits per heavy atom. The van der Waals surface area contributed by atoms with Gasteiger partial charge in [-0.1, -0.05) is 37.3 Å². The molecule has 1 fully saturated rings. The first-order valence-electron chi connectivity index (χ1n) is 6.35. The smallest absolute Gasteiger partial charge is 0.0950 e. The number of nitrogens with zero attached hydrogens (tertiary/aromatic N) is 1. The van der Waals surface area contributed by atoms with Crippen LogP contribution in [0.3, 0.4) is 0 Å². The first-order valence-corrected chi connectivity index (χ1v) is 6.35. The van der Waals surface area contributed by atoms with Gasteiger partial charge < -0.3 is 9.84 Å². The molecular formula is C14H21NO2. The third-order valence-corrected chi connectivity index (χ3v) is 3.23. The maximum absolute atomic E-state index is 9.90. The van der Waals surface area contributed by atoms with Gasteiger partial charge in [0.05, 0.1) is 25.4 Å². The van der Waals surface area contributed by atoms with Gasteiger partial charge in [0.15, 0.2) is 0 Å². The molecule has 0 saturated carbocycles. The monoisotopic (exact) mass is 235 g/mol. The largest absolute Gasteiger partial charge is 0.389 e. The molecule has 3 heteroatoms. The van der Waals surface area contributed by atoms with E-state index >= 15 is 0 Å². The van der Waals surface area contributed by atoms with Crippen LogP contribution in [0.1, 0.15) is 18.9 Å². The highest BCUT2D eigenvalue weighted by molar-refractivity contribution is 5.14. The third kappa shape index (κ3) is 3.28. The lowest BCUT2D eigenvalue weighted by molar-refractivity contribution is 0.0775. The van der Waals surface area contributed by atoms with Gasteiger partial charge in [-0.05, 0) is 18.5 Å². The summed E-state index contributed by atoms with van der Waals surface area (Å²) in [5.41, 5.74) is 1.29. The van der Waals surface area contributed by atoms with Crippen molar-refractivity contribution in [2.45, 2.75) is 32.0 Å². The van der Waals surface area contributed by atoms with E-state index in [1.165, 1.54) is 5.56 Å². The molecular weight excluding hydrogens is 214 g/mol. The molecule has 3 nitrogen and oxygen atoms in total. The van der Waals surface area contributed by atoms with Crippen LogP contribution in [-0.2, 0) is 11.3 Å². The van der Waals surface area contributed by atoms with Crippen LogP contribution in [-0.4, -0.2) is 41.9 Å². The van der Waals surface area contributed by atoms with Crippen LogP contribution in [0.2, 0.25) is 0 Å². The summed E-state index contributed by atoms with van der Waals surface area (Å²) in [7, 11) is 0. The van der Waals surface area contributed by atoms with Gasteiger partial charge in [-0.2, -0.15) is 0 Å². The zero-order valence-electron chi connectivity index (χ0n) is 10.4. The first kappa shape index (κ1) is 12.6. The van der Waals surface area contributed by atoms with Crippen LogP contribution >= 0.6 is 0 Å². The van der Waals surface area contributed by atoms with Gasteiger partial charge >= 0.3 is 0 Å². The molecule has 1 aliphatic heterocycles. The third-order valence-electron chi connectivity index (χ3n) is 3.23. The van der Waals surface area contributed by atoms with Crippen LogP contribution in [0.15, 0.2) is 30.3 Å². The zero-order chi connectivity index (χ0) is 12.1. The lowest BCUT2D eigenvalue weighted by Crippen LogP contribution is -2.42. The van der Waals surface area contributed by atoms with Gasteiger partial charge in [0, 0.05) is 6.54 Å². The second-order valence-electron chi connectivity index (χ2n) is 4.63. The molecule has 17 heavy (non-hydrogen) atoms. The highest BCUT2D eigenvalue weighted by atomic mass is 16.5. The fourth-order valence-electron chi connectivity index (χ4n) is 2.35. The Balaban J connectivity index is 2.02. The Bertz CT molecular complexity index is 328. The van der Waals surface area contributed by atoms with Crippen molar-refractivity contribution in [1.29, 1.82) is 0 Å². The fraction of sp³-hybridized carbons (Fsp3) is 0.571. The van der Waals surface area contributed by atoms with Crippen molar-refractivity contribution in [2.24, 2.45) is 0 Å². The Morgan fingerprint density at radius 3 is 2.65 bits per heavy atom. The zero-order valence-corrected chi connectivity index (χ0v) is 10.4. The predicted molar refractivity (Wildman–Crippen MR) is 67.8 cm³/mol. The van der Waals surface area contributed by atoms with Crippen LogP contribution in [0, 0.1) is 0 Å². The van der Waals surface area contributed by atoms with E-state index < -0.39 is 0 Å². The molecule has 0 amide bonds. The van der Waals surface area contributed by atoms with E-state index in [1.54, 1.807) is 0 Å². The fourth-order valence-corrected chi connectivity index (χ4v) is 2.35. The van der Waals surface area contributed by atoms with E-state index in [4.69, 9.17) is 4.74 Å². The maximum atomic E-state index is 9.90. The number of hydrogen-bond donors (Lipinski definition) is 1. The summed E-state index contributed by atoms with van der Waals surface area (Å²) in [4.78, 5) is 2.33. The Labute approximate surface area is 103 Å². The lowest BCUT2D eigenvalue weighted by Gasteiger charge is -2.29. The van der Waals surface area contributed by atoms with Crippen molar-refractivity contribution in [1.82, 2.24) is 4.90 Å². The van der Waals surface area contributed by atoms with Gasteiger partial charge in [0.25, 0.3) is 0 Å². The van der Waals surface area contributed by atoms with Crippen molar-refractivity contribution in [3.63, 3.8) is 0 Å². The van der Waals surface area contributed by atoms with Gasteiger partial charge in [-0.3, -0.25) is 4.90 Å². The first-order chi connectivity index (χ1) is 8.31. The quantitative estimate of drug-likeness (QED) is 0.842. The molecule has 1 N–H and O–H groups in total. The maximum Gasteiger partial charge on any atom is 0.0950 e. The van der Waals surface area contributed by atoms with Crippen molar-refractivity contribution in [3.05, 3.63) is 35.9 Å². The normalized spacial score (nSPS) is 24.4. The number of rotatable bonds is 5. The Hall–Kier alpha value is -0.900. The second-order valence-corrected chi connectivity index (χ2v) is 4.63. The van der Waals surface area contributed by atoms with Crippen LogP contribution in [0.4, 0.5) is 0 Å². The van der Waals surface area contributed by atoms with E-state index in [9.17, 15) is 5.11 Å². The van der Waals surface area contributed by atoms with Crippen LogP contribution in [0.25, 0.3) is 0 Å². The Kier molecular flexibility index (Phi) is 4.54. The molecule has 1 aromatic rings. The summed E-state index contributed by atoms with van der Waals surface area (Å²) < 4.78 is 5.34. The standard InChI is InChI=1S/C14H21NO2/c1-2-8-15(13-10-17-11-14(13)16)9-12-6-4-3-5-7-12/h3-7,13-14,16H,2,8-11H2,1H3. The number of benzene rings is 1. The molecule has 0 aliphatic carbocycles. The summed E-state index contributed by atoms with van der Waals surface area (Å²) >= 11 is 0. The minimum absolute atomic E-state index is 0.148. The van der Waals surface area contributed by atoms with Gasteiger partial charge in [-0.15, -0.1) is 0 Å². The van der Waals surface area contributed by atoms with Crippen molar-refractivity contribution in [2.75, 3.05) is 19.8 Å². The Morgan fingerprint density at radius 2 is 2.06 bits per heavy atom. The highest BCUT2D eigenvalue weighted by Gasteiger charge is 2.31. The van der Waals surface area contributed by atoms with Crippen molar-refractivity contribution < 1.29 is 9.84 Å². The number of aliphatic hydroxyl groups excluding tert-OH is 1. The molecule has 1 aliphatic rings. The number of hydrogen-bond acceptors (Lipinski definition) is 3. The average Bonchev–Trinajstić information content (AvgIpc) is 2.76. The molecule has 0 aromatic heterocycles. The number of aliphatic hydroxyl groups is 1. The van der Waals surface area contributed by atoms with E-state index in [0.717, 1.165) is 19.5 Å². The van der Waals surface area contributed by atoms with E-state index in [0.29, 0.717) is 13.2 Å². The topological polar surface area (TPSA) is 32.7 Å². The summed E-state index contributed by atoms with van der Waals surface area (Å²) in [6.07, 6.45) is 0.751. The molecule has 2 rings (SSSR count). The van der Waals surface area contributed by atoms with Gasteiger partial charge in [0.2, 0.25) is 0 Å². The molecule has 0 radical (unpaired) electrons. The van der Waals surface area contributed by atoms with E-state index in [-0.39, 0.29) is 12.1 Å². The lowest BCUT2D eigenvalue weighted by atomic mass is 10.1. The molecule has 1 saturated heterocycles. The van der Waals surface area contributed by atoms with Crippen molar-refractivity contribution >= 4 is 0 Å². The summed E-state index contributed by atoms with van der Waals surface area (Å²) in [6.45, 7) is 5.17. The number of ether oxygens (including phenoxy) is 1. The molecule has 1 aromatic carbocycles. The highest BCUT2D eigenvalue weighted by Crippen LogP contribution is 2.16. The van der Waals surface area contributed by atoms with Gasteiger partial charge in [-0.25, -0.2) is 0 Å². The summed E-state index contributed by atoms with van der Waals surface area (Å²) in [5, 5.41) is 9.90. The molecule has 2 atom stereocenters. The van der Waals surface area contributed by atoms with Crippen molar-refractivity contribution in [3.8, 4) is 0 Å². The SMILES string of the molecule is CCCN(Cc1ccccc1)C1COCC1O. The summed E-state index contributed by atoms with van der Waals surface area (Å²) in [5.74, 6) is 0. The molecule has 2 unspecified atom stereocenters. The predicted octanol–water partition coefficient (Wildman–Crippen LogP) is 1.66. The summed E-state index contributed by atoms with van der Waals surface area (Å²) in [6, 6.07) is 10.6. The molecule has 1 heterocycles. The minimum atomic E-state index is -0.342. The van der Waals surface area contributed by atoms with E-state index in [1.807, 2.05) is 6.07 Å². The molecule has 94 valence electrons. The molecule has 0 spiro atoms.